The summed E-state index contributed by atoms with van der Waals surface area (Å²) in [5.74, 6) is -5.91. The Morgan fingerprint density at radius 3 is 1.91 bits per heavy atom. The average Bonchev–Trinajstić information content (AvgIpc) is 3.82. The zero-order valence-corrected chi connectivity index (χ0v) is 38.9. The van der Waals surface area contributed by atoms with Gasteiger partial charge in [0.15, 0.2) is 5.60 Å². The maximum Gasteiger partial charge on any atom is 0.471 e. The third-order valence-electron chi connectivity index (χ3n) is 12.7. The van der Waals surface area contributed by atoms with Gasteiger partial charge in [0.05, 0.1) is 13.0 Å². The number of halogens is 4. The number of amides is 4. The molecule has 4 amide bonds. The number of carbonyl (C=O) groups is 5. The average molecular weight is 926 g/mol. The van der Waals surface area contributed by atoms with E-state index in [1.54, 1.807) is 48.3 Å². The molecule has 1 aliphatic heterocycles. The Hall–Kier alpha value is -4.95. The van der Waals surface area contributed by atoms with Crippen molar-refractivity contribution >= 4 is 41.2 Å². The van der Waals surface area contributed by atoms with Crippen LogP contribution in [-0.2, 0) is 39.0 Å². The van der Waals surface area contributed by atoms with E-state index in [1.165, 1.54) is 44.7 Å². The minimum Gasteiger partial charge on any atom is -0.444 e. The van der Waals surface area contributed by atoms with Gasteiger partial charge < -0.3 is 29.9 Å². The van der Waals surface area contributed by atoms with Crippen molar-refractivity contribution in [1.82, 2.24) is 20.4 Å². The Morgan fingerprint density at radius 2 is 1.35 bits per heavy atom. The molecule has 1 heterocycles. The number of alkyl halides is 3. The van der Waals surface area contributed by atoms with Crippen LogP contribution in [0.4, 0.5) is 13.2 Å². The van der Waals surface area contributed by atoms with Gasteiger partial charge in [-0.3, -0.25) is 24.0 Å². The van der Waals surface area contributed by atoms with Gasteiger partial charge in [-0.2, -0.15) is 13.2 Å². The maximum absolute atomic E-state index is 14.8. The van der Waals surface area contributed by atoms with Crippen molar-refractivity contribution in [3.8, 4) is 0 Å². The second kappa shape index (κ2) is 23.0. The molecule has 2 N–H and O–H groups in total. The van der Waals surface area contributed by atoms with Crippen molar-refractivity contribution in [2.75, 3.05) is 33.9 Å². The van der Waals surface area contributed by atoms with Gasteiger partial charge in [-0.1, -0.05) is 143 Å². The van der Waals surface area contributed by atoms with E-state index in [4.69, 9.17) is 21.1 Å². The van der Waals surface area contributed by atoms with Crippen LogP contribution in [0.25, 0.3) is 0 Å². The Kier molecular flexibility index (Phi) is 18.0. The SMILES string of the molecule is COCC(C)(NC(=O)C(F)(F)F)C(=O)N(C)[C@H](C(=O)N[C@@H](CC(=O)OC(c1ccccc1)(c1ccc(C2CCCCCCCCC2)cc1)c1ccccc1Cl)C(=O)N1CCCC1)C(C)C. The highest BCUT2D eigenvalue weighted by Crippen LogP contribution is 2.44. The standard InChI is InChI=1S/C50H64ClF3N4O7/c1-34(2)43(57(4)47(63)48(3,33-64-5)56-46(62)50(52,53)54)44(60)55-41(45(61)58-30-18-19-31-58)32-42(59)65-49(37-22-14-11-15-23-37,39-24-16-17-25-40(39)51)38-28-26-36(27-29-38)35-20-12-9-7-6-8-10-13-21-35/h11,14-17,22-29,34-35,41,43H,6-10,12-13,18-21,30-33H2,1-5H3,(H,55,60)(H,56,62)/t41-,43-,48?,49?/m0/s1. The Balaban J connectivity index is 1.51. The number of benzene rings is 3. The van der Waals surface area contributed by atoms with Gasteiger partial charge in [0, 0.05) is 49.0 Å². The largest absolute Gasteiger partial charge is 0.471 e. The molecule has 2 aliphatic rings. The summed E-state index contributed by atoms with van der Waals surface area (Å²) in [6.07, 6.45) is 6.19. The van der Waals surface area contributed by atoms with E-state index < -0.39 is 77.9 Å². The summed E-state index contributed by atoms with van der Waals surface area (Å²) in [5.41, 5.74) is -0.946. The first kappa shape index (κ1) is 51.0. The fraction of sp³-hybridized carbons (Fsp3) is 0.540. The molecule has 65 heavy (non-hydrogen) atoms. The molecule has 1 saturated carbocycles. The molecule has 2 unspecified atom stereocenters. The van der Waals surface area contributed by atoms with E-state index in [1.807, 2.05) is 42.5 Å². The van der Waals surface area contributed by atoms with Crippen LogP contribution in [0.3, 0.4) is 0 Å². The minimum atomic E-state index is -5.30. The monoisotopic (exact) mass is 924 g/mol. The minimum absolute atomic E-state index is 0.331. The molecule has 1 saturated heterocycles. The van der Waals surface area contributed by atoms with E-state index in [0.717, 1.165) is 44.6 Å². The maximum atomic E-state index is 14.8. The first-order chi connectivity index (χ1) is 30.9. The molecule has 354 valence electrons. The van der Waals surface area contributed by atoms with Crippen LogP contribution in [0.2, 0.25) is 5.02 Å². The van der Waals surface area contributed by atoms with Crippen molar-refractivity contribution in [3.63, 3.8) is 0 Å². The quantitative estimate of drug-likeness (QED) is 0.108. The number of esters is 1. The molecule has 3 aromatic rings. The molecule has 0 spiro atoms. The molecule has 3 aromatic carbocycles. The van der Waals surface area contributed by atoms with E-state index in [2.05, 4.69) is 17.4 Å². The Bertz CT molecular complexity index is 2070. The van der Waals surface area contributed by atoms with Gasteiger partial charge in [0.25, 0.3) is 5.91 Å². The summed E-state index contributed by atoms with van der Waals surface area (Å²) >= 11 is 7.01. The summed E-state index contributed by atoms with van der Waals surface area (Å²) in [4.78, 5) is 72.0. The molecule has 1 aliphatic carbocycles. The second-order valence-electron chi connectivity index (χ2n) is 18.0. The Morgan fingerprint density at radius 1 is 0.800 bits per heavy atom. The van der Waals surface area contributed by atoms with E-state index in [-0.39, 0.29) is 0 Å². The number of hydrogen-bond donors (Lipinski definition) is 2. The topological polar surface area (TPSA) is 134 Å². The number of likely N-dealkylation sites (tertiary alicyclic amines) is 1. The van der Waals surface area contributed by atoms with Gasteiger partial charge in [-0.05, 0) is 56.1 Å². The number of ether oxygens (including phenoxy) is 2. The molecule has 2 fully saturated rings. The first-order valence-corrected chi connectivity index (χ1v) is 23.2. The molecule has 0 bridgehead atoms. The zero-order chi connectivity index (χ0) is 47.4. The van der Waals surface area contributed by atoms with Gasteiger partial charge in [-0.25, -0.2) is 0 Å². The van der Waals surface area contributed by atoms with E-state index >= 15 is 0 Å². The van der Waals surface area contributed by atoms with Crippen molar-refractivity contribution in [1.29, 1.82) is 0 Å². The number of nitrogens with one attached hydrogen (secondary N) is 2. The predicted molar refractivity (Wildman–Crippen MR) is 243 cm³/mol. The third-order valence-corrected chi connectivity index (χ3v) is 13.0. The van der Waals surface area contributed by atoms with Crippen LogP contribution in [-0.4, -0.2) is 97.1 Å². The number of carbonyl (C=O) groups excluding carboxylic acids is 5. The van der Waals surface area contributed by atoms with Crippen LogP contribution >= 0.6 is 11.6 Å². The van der Waals surface area contributed by atoms with Gasteiger partial charge >= 0.3 is 18.1 Å². The number of nitrogens with zero attached hydrogens (tertiary/aromatic N) is 2. The van der Waals surface area contributed by atoms with Gasteiger partial charge in [0.2, 0.25) is 11.8 Å². The van der Waals surface area contributed by atoms with E-state index in [9.17, 15) is 37.1 Å². The molecule has 0 aromatic heterocycles. The lowest BCUT2D eigenvalue weighted by Crippen LogP contribution is -2.65. The molecule has 0 radical (unpaired) electrons. The summed E-state index contributed by atoms with van der Waals surface area (Å²) in [7, 11) is 2.37. The molecule has 15 heteroatoms. The molecule has 5 rings (SSSR count). The third kappa shape index (κ3) is 12.7. The molecular weight excluding hydrogens is 861 g/mol. The number of rotatable bonds is 16. The lowest BCUT2D eigenvalue weighted by atomic mass is 9.78. The lowest BCUT2D eigenvalue weighted by molar-refractivity contribution is -0.177. The van der Waals surface area contributed by atoms with Crippen molar-refractivity contribution in [2.24, 2.45) is 5.92 Å². The molecule has 11 nitrogen and oxygen atoms in total. The van der Waals surface area contributed by atoms with Crippen LogP contribution in [0, 0.1) is 5.92 Å². The fourth-order valence-electron chi connectivity index (χ4n) is 9.40. The smallest absolute Gasteiger partial charge is 0.444 e. The number of likely N-dealkylation sites (N-methyl/N-ethyl adjacent to an activating group) is 1. The normalized spacial score (nSPS) is 18.1. The molecule has 4 atom stereocenters. The highest BCUT2D eigenvalue weighted by Gasteiger charge is 2.49. The van der Waals surface area contributed by atoms with Crippen LogP contribution in [0.15, 0.2) is 78.9 Å². The van der Waals surface area contributed by atoms with E-state index in [0.29, 0.717) is 53.6 Å². The number of methoxy groups -OCH3 is 1. The fourth-order valence-corrected chi connectivity index (χ4v) is 9.67. The lowest BCUT2D eigenvalue weighted by Gasteiger charge is -2.38. The summed E-state index contributed by atoms with van der Waals surface area (Å²) in [5, 5.41) is 4.77. The predicted octanol–water partition coefficient (Wildman–Crippen LogP) is 8.85. The zero-order valence-electron chi connectivity index (χ0n) is 38.2. The van der Waals surface area contributed by atoms with Crippen molar-refractivity contribution in [2.45, 2.75) is 133 Å². The highest BCUT2D eigenvalue weighted by atomic mass is 35.5. The highest BCUT2D eigenvalue weighted by molar-refractivity contribution is 6.31. The van der Waals surface area contributed by atoms with Gasteiger partial charge in [0.1, 0.15) is 17.6 Å². The van der Waals surface area contributed by atoms with Crippen LogP contribution in [0.1, 0.15) is 126 Å². The molecular formula is C50H64ClF3N4O7. The first-order valence-electron chi connectivity index (χ1n) is 22.8. The van der Waals surface area contributed by atoms with Gasteiger partial charge in [-0.15, -0.1) is 0 Å². The summed E-state index contributed by atoms with van der Waals surface area (Å²) in [6.45, 7) is 4.43. The number of hydrogen-bond acceptors (Lipinski definition) is 7. The second-order valence-corrected chi connectivity index (χ2v) is 18.4. The Labute approximate surface area is 386 Å². The van der Waals surface area contributed by atoms with Crippen LogP contribution < -0.4 is 10.6 Å². The summed E-state index contributed by atoms with van der Waals surface area (Å²) < 4.78 is 51.9. The summed E-state index contributed by atoms with van der Waals surface area (Å²) in [6, 6.07) is 21.6. The van der Waals surface area contributed by atoms with Crippen molar-refractivity contribution in [3.05, 3.63) is 106 Å². The van der Waals surface area contributed by atoms with Crippen LogP contribution in [0.5, 0.6) is 0 Å². The van der Waals surface area contributed by atoms with Crippen molar-refractivity contribution < 1.29 is 46.6 Å².